The highest BCUT2D eigenvalue weighted by atomic mass is 35.5. The number of benzene rings is 2. The van der Waals surface area contributed by atoms with E-state index in [0.29, 0.717) is 28.4 Å². The largest absolute Gasteiger partial charge is 0.379 e. The van der Waals surface area contributed by atoms with Gasteiger partial charge in [-0.15, -0.1) is 0 Å². The molecule has 0 spiro atoms. The molecule has 0 radical (unpaired) electrons. The van der Waals surface area contributed by atoms with E-state index in [1.165, 1.54) is 0 Å². The first-order valence-electron chi connectivity index (χ1n) is 8.56. The van der Waals surface area contributed by atoms with Gasteiger partial charge in [-0.1, -0.05) is 35.9 Å². The van der Waals surface area contributed by atoms with Crippen molar-refractivity contribution in [1.82, 2.24) is 9.21 Å². The summed E-state index contributed by atoms with van der Waals surface area (Å²) in [6.45, 7) is 4.31. The number of hydrogen-bond acceptors (Lipinski definition) is 4. The number of halogens is 1. The molecule has 134 valence electrons. The van der Waals surface area contributed by atoms with Crippen LogP contribution in [0, 0.1) is 0 Å². The van der Waals surface area contributed by atoms with Crippen LogP contribution < -0.4 is 0 Å². The second kappa shape index (κ2) is 6.85. The molecule has 2 saturated heterocycles. The highest BCUT2D eigenvalue weighted by Gasteiger charge is 2.36. The molecule has 25 heavy (non-hydrogen) atoms. The van der Waals surface area contributed by atoms with Crippen LogP contribution >= 0.6 is 11.6 Å². The second-order valence-corrected chi connectivity index (χ2v) is 8.86. The van der Waals surface area contributed by atoms with E-state index in [1.807, 2.05) is 12.1 Å². The van der Waals surface area contributed by atoms with E-state index in [-0.39, 0.29) is 6.04 Å². The van der Waals surface area contributed by atoms with Crippen molar-refractivity contribution in [2.24, 2.45) is 0 Å². The Morgan fingerprint density at radius 3 is 2.52 bits per heavy atom. The zero-order chi connectivity index (χ0) is 17.4. The number of ether oxygens (including phenoxy) is 1. The summed E-state index contributed by atoms with van der Waals surface area (Å²) in [6, 6.07) is 11.0. The number of fused-ring (bicyclic) bond motifs is 1. The predicted octanol–water partition coefficient (Wildman–Crippen LogP) is 2.59. The Balaban J connectivity index is 1.63. The third kappa shape index (κ3) is 3.17. The van der Waals surface area contributed by atoms with Gasteiger partial charge < -0.3 is 4.74 Å². The lowest BCUT2D eigenvalue weighted by molar-refractivity contribution is 0.0197. The molecular weight excluding hydrogens is 360 g/mol. The number of morpholine rings is 1. The topological polar surface area (TPSA) is 49.9 Å². The first kappa shape index (κ1) is 17.2. The molecular formula is C18H21ClN2O3S. The molecule has 2 aromatic rings. The summed E-state index contributed by atoms with van der Waals surface area (Å²) < 4.78 is 33.5. The van der Waals surface area contributed by atoms with Crippen LogP contribution in [0.1, 0.15) is 6.42 Å². The third-order valence-corrected chi connectivity index (χ3v) is 7.39. The van der Waals surface area contributed by atoms with Crippen molar-refractivity contribution < 1.29 is 13.2 Å². The molecule has 2 fully saturated rings. The monoisotopic (exact) mass is 380 g/mol. The maximum Gasteiger partial charge on any atom is 0.243 e. The zero-order valence-electron chi connectivity index (χ0n) is 13.9. The molecule has 4 rings (SSSR count). The summed E-state index contributed by atoms with van der Waals surface area (Å²) in [6.07, 6.45) is 0.866. The van der Waals surface area contributed by atoms with Crippen molar-refractivity contribution in [3.63, 3.8) is 0 Å². The molecule has 0 aromatic heterocycles. The fourth-order valence-corrected chi connectivity index (χ4v) is 5.71. The first-order chi connectivity index (χ1) is 12.1. The van der Waals surface area contributed by atoms with Crippen LogP contribution in [0.15, 0.2) is 41.3 Å². The third-order valence-electron chi connectivity index (χ3n) is 5.13. The minimum atomic E-state index is -3.54. The Morgan fingerprint density at radius 2 is 1.72 bits per heavy atom. The number of nitrogens with zero attached hydrogens (tertiary/aromatic N) is 2. The Morgan fingerprint density at radius 1 is 1.00 bits per heavy atom. The van der Waals surface area contributed by atoms with Gasteiger partial charge in [-0.2, -0.15) is 4.31 Å². The van der Waals surface area contributed by atoms with Crippen molar-refractivity contribution >= 4 is 32.4 Å². The summed E-state index contributed by atoms with van der Waals surface area (Å²) in [4.78, 5) is 2.69. The molecule has 0 unspecified atom stereocenters. The Labute approximate surface area is 153 Å². The van der Waals surface area contributed by atoms with Crippen molar-refractivity contribution in [2.75, 3.05) is 39.4 Å². The highest BCUT2D eigenvalue weighted by molar-refractivity contribution is 7.89. The van der Waals surface area contributed by atoms with Gasteiger partial charge in [0.15, 0.2) is 0 Å². The second-order valence-electron chi connectivity index (χ2n) is 6.54. The predicted molar refractivity (Wildman–Crippen MR) is 98.5 cm³/mol. The summed E-state index contributed by atoms with van der Waals surface area (Å²) >= 11 is 6.24. The smallest absolute Gasteiger partial charge is 0.243 e. The minimum Gasteiger partial charge on any atom is -0.379 e. The summed E-state index contributed by atoms with van der Waals surface area (Å²) in [5, 5.41) is 2.03. The first-order valence-corrected chi connectivity index (χ1v) is 10.4. The van der Waals surface area contributed by atoms with Gasteiger partial charge in [0.2, 0.25) is 10.0 Å². The van der Waals surface area contributed by atoms with Crippen LogP contribution in [0.5, 0.6) is 0 Å². The van der Waals surface area contributed by atoms with E-state index in [9.17, 15) is 8.42 Å². The van der Waals surface area contributed by atoms with Crippen molar-refractivity contribution in [3.05, 3.63) is 41.4 Å². The Hall–Kier alpha value is -1.18. The minimum absolute atomic E-state index is 0.275. The van der Waals surface area contributed by atoms with Crippen LogP contribution in [0.4, 0.5) is 0 Å². The van der Waals surface area contributed by atoms with Crippen LogP contribution in [0.25, 0.3) is 10.8 Å². The average Bonchev–Trinajstić information content (AvgIpc) is 3.13. The van der Waals surface area contributed by atoms with Gasteiger partial charge in [-0.25, -0.2) is 8.42 Å². The number of hydrogen-bond donors (Lipinski definition) is 0. The Bertz CT molecular complexity index is 881. The maximum absolute atomic E-state index is 13.2. The molecule has 0 saturated carbocycles. The molecule has 5 nitrogen and oxygen atoms in total. The lowest BCUT2D eigenvalue weighted by atomic mass is 10.1. The van der Waals surface area contributed by atoms with E-state index in [0.717, 1.165) is 38.1 Å². The van der Waals surface area contributed by atoms with Crippen LogP contribution in [0.2, 0.25) is 5.02 Å². The molecule has 0 amide bonds. The SMILES string of the molecule is O=S(=O)(c1cccc2c(Cl)cccc12)N1CC[C@@H](N2CCOCC2)C1. The lowest BCUT2D eigenvalue weighted by Crippen LogP contribution is -2.45. The lowest BCUT2D eigenvalue weighted by Gasteiger charge is -2.32. The van der Waals surface area contributed by atoms with Gasteiger partial charge in [0.05, 0.1) is 18.1 Å². The molecule has 2 aromatic carbocycles. The van der Waals surface area contributed by atoms with Crippen molar-refractivity contribution in [2.45, 2.75) is 17.4 Å². The molecule has 2 aliphatic rings. The standard InChI is InChI=1S/C18H21ClN2O3S/c19-17-5-1-4-16-15(17)3-2-6-18(16)25(22,23)21-8-7-14(13-21)20-9-11-24-12-10-20/h1-6,14H,7-13H2/t14-/m1/s1. The molecule has 2 aliphatic heterocycles. The summed E-state index contributed by atoms with van der Waals surface area (Å²) in [7, 11) is -3.54. The van der Waals surface area contributed by atoms with E-state index < -0.39 is 10.0 Å². The fourth-order valence-electron chi connectivity index (χ4n) is 3.78. The number of sulfonamides is 1. The Kier molecular flexibility index (Phi) is 4.73. The van der Waals surface area contributed by atoms with Gasteiger partial charge in [-0.05, 0) is 18.6 Å². The zero-order valence-corrected chi connectivity index (χ0v) is 15.5. The van der Waals surface area contributed by atoms with Gasteiger partial charge in [-0.3, -0.25) is 4.90 Å². The molecule has 0 N–H and O–H groups in total. The van der Waals surface area contributed by atoms with Gasteiger partial charge in [0, 0.05) is 48.0 Å². The number of rotatable bonds is 3. The molecule has 7 heteroatoms. The quantitative estimate of drug-likeness (QED) is 0.821. The summed E-state index contributed by atoms with van der Waals surface area (Å²) in [5.41, 5.74) is 0. The molecule has 0 bridgehead atoms. The van der Waals surface area contributed by atoms with Crippen molar-refractivity contribution in [3.8, 4) is 0 Å². The maximum atomic E-state index is 13.2. The van der Waals surface area contributed by atoms with E-state index in [2.05, 4.69) is 4.90 Å². The summed E-state index contributed by atoms with van der Waals surface area (Å²) in [5.74, 6) is 0. The van der Waals surface area contributed by atoms with E-state index >= 15 is 0 Å². The van der Waals surface area contributed by atoms with Crippen molar-refractivity contribution in [1.29, 1.82) is 0 Å². The highest BCUT2D eigenvalue weighted by Crippen LogP contribution is 2.32. The van der Waals surface area contributed by atoms with E-state index in [4.69, 9.17) is 16.3 Å². The van der Waals surface area contributed by atoms with Crippen LogP contribution in [-0.4, -0.2) is 63.1 Å². The molecule has 1 atom stereocenters. The molecule has 0 aliphatic carbocycles. The average molecular weight is 381 g/mol. The van der Waals surface area contributed by atoms with Gasteiger partial charge in [0.1, 0.15) is 0 Å². The van der Waals surface area contributed by atoms with E-state index in [1.54, 1.807) is 28.6 Å². The normalized spacial score (nSPS) is 23.3. The van der Waals surface area contributed by atoms with Crippen LogP contribution in [-0.2, 0) is 14.8 Å². The van der Waals surface area contributed by atoms with Gasteiger partial charge >= 0.3 is 0 Å². The molecule has 2 heterocycles. The van der Waals surface area contributed by atoms with Crippen LogP contribution in [0.3, 0.4) is 0 Å². The fraction of sp³-hybridized carbons (Fsp3) is 0.444. The van der Waals surface area contributed by atoms with Gasteiger partial charge in [0.25, 0.3) is 0 Å².